The molecule has 1 atom stereocenters. The Labute approximate surface area is 305 Å². The largest absolute Gasteiger partial charge is 0.379 e. The molecule has 280 valence electrons. The van der Waals surface area contributed by atoms with Crippen molar-refractivity contribution in [2.24, 2.45) is 0 Å². The zero-order chi connectivity index (χ0) is 34.7. The van der Waals surface area contributed by atoms with E-state index in [9.17, 15) is 0 Å². The van der Waals surface area contributed by atoms with Gasteiger partial charge in [0.25, 0.3) is 0 Å². The monoisotopic (exact) mass is 678 g/mol. The molecule has 0 radical (unpaired) electrons. The lowest BCUT2D eigenvalue weighted by molar-refractivity contribution is -0.0269. The molecule has 2 aromatic rings. The van der Waals surface area contributed by atoms with Crippen LogP contribution in [0.4, 0.5) is 0 Å². The van der Waals surface area contributed by atoms with Gasteiger partial charge in [-0.1, -0.05) is 216 Å². The first-order chi connectivity index (χ1) is 24.3. The van der Waals surface area contributed by atoms with Gasteiger partial charge < -0.3 is 9.47 Å². The van der Waals surface area contributed by atoms with E-state index >= 15 is 0 Å². The van der Waals surface area contributed by atoms with Gasteiger partial charge in [-0.2, -0.15) is 0 Å². The molecule has 1 unspecified atom stereocenters. The molecular weight excluding hydrogens is 599 g/mol. The van der Waals surface area contributed by atoms with Crippen LogP contribution in [-0.4, -0.2) is 37.4 Å². The van der Waals surface area contributed by atoms with Crippen molar-refractivity contribution in [2.75, 3.05) is 26.4 Å². The van der Waals surface area contributed by atoms with Crippen molar-refractivity contribution in [1.29, 1.82) is 0 Å². The summed E-state index contributed by atoms with van der Waals surface area (Å²) in [6, 6.07) is 21.8. The first kappa shape index (κ1) is 43.5. The molecule has 0 N–H and O–H groups in total. The smallest absolute Gasteiger partial charge is 0.0820 e. The molecule has 0 saturated heterocycles. The molecule has 0 aliphatic heterocycles. The molecule has 2 aromatic carbocycles. The van der Waals surface area contributed by atoms with E-state index in [-0.39, 0.29) is 6.10 Å². The van der Waals surface area contributed by atoms with Crippen LogP contribution in [0.5, 0.6) is 0 Å². The van der Waals surface area contributed by atoms with E-state index in [0.717, 1.165) is 45.9 Å². The second-order valence-corrected chi connectivity index (χ2v) is 14.8. The predicted molar refractivity (Wildman–Crippen MR) is 214 cm³/mol. The van der Waals surface area contributed by atoms with Gasteiger partial charge in [-0.05, 0) is 30.4 Å². The maximum atomic E-state index is 6.55. The van der Waals surface area contributed by atoms with Crippen LogP contribution >= 0.6 is 0 Å². The van der Waals surface area contributed by atoms with Gasteiger partial charge >= 0.3 is 0 Å². The van der Waals surface area contributed by atoms with E-state index in [0.29, 0.717) is 0 Å². The average Bonchev–Trinajstić information content (AvgIpc) is 3.13. The summed E-state index contributed by atoms with van der Waals surface area (Å²) in [5.41, 5.74) is 2.74. The van der Waals surface area contributed by atoms with Gasteiger partial charge in [0.1, 0.15) is 0 Å². The van der Waals surface area contributed by atoms with Crippen molar-refractivity contribution in [3.05, 3.63) is 71.8 Å². The van der Waals surface area contributed by atoms with E-state index in [1.807, 2.05) is 0 Å². The number of hydrogen-bond donors (Lipinski definition) is 0. The van der Waals surface area contributed by atoms with Crippen molar-refractivity contribution in [2.45, 2.75) is 194 Å². The predicted octanol–water partition coefficient (Wildman–Crippen LogP) is 13.9. The maximum absolute atomic E-state index is 6.55. The fourth-order valence-electron chi connectivity index (χ4n) is 6.89. The van der Waals surface area contributed by atoms with Crippen molar-refractivity contribution in [1.82, 2.24) is 4.90 Å². The number of benzene rings is 2. The number of hydrogen-bond acceptors (Lipinski definition) is 3. The van der Waals surface area contributed by atoms with Crippen LogP contribution in [0.1, 0.15) is 185 Å². The van der Waals surface area contributed by atoms with Crippen LogP contribution in [0, 0.1) is 0 Å². The van der Waals surface area contributed by atoms with Crippen molar-refractivity contribution >= 4 is 0 Å². The van der Waals surface area contributed by atoms with Crippen LogP contribution < -0.4 is 0 Å². The second kappa shape index (κ2) is 33.5. The highest BCUT2D eigenvalue weighted by Gasteiger charge is 2.14. The number of ether oxygens (including phenoxy) is 2. The van der Waals surface area contributed by atoms with Crippen LogP contribution in [0.3, 0.4) is 0 Å². The Morgan fingerprint density at radius 2 is 0.816 bits per heavy atom. The van der Waals surface area contributed by atoms with Gasteiger partial charge in [0.15, 0.2) is 0 Å². The summed E-state index contributed by atoms with van der Waals surface area (Å²) >= 11 is 0. The van der Waals surface area contributed by atoms with E-state index in [1.54, 1.807) is 0 Å². The lowest BCUT2D eigenvalue weighted by atomic mass is 10.1. The number of unbranched alkanes of at least 4 members (excludes halogenated alkanes) is 22. The quantitative estimate of drug-likeness (QED) is 0.0670. The summed E-state index contributed by atoms with van der Waals surface area (Å²) in [5, 5.41) is 0. The van der Waals surface area contributed by atoms with Gasteiger partial charge in [-0.25, -0.2) is 0 Å². The van der Waals surface area contributed by atoms with Gasteiger partial charge in [0.05, 0.1) is 12.7 Å². The highest BCUT2D eigenvalue weighted by Crippen LogP contribution is 2.16. The van der Waals surface area contributed by atoms with E-state index in [2.05, 4.69) is 79.4 Å². The van der Waals surface area contributed by atoms with E-state index in [4.69, 9.17) is 9.47 Å². The fraction of sp³-hybridized carbons (Fsp3) is 0.739. The molecule has 49 heavy (non-hydrogen) atoms. The summed E-state index contributed by atoms with van der Waals surface area (Å²) in [6.45, 7) is 9.98. The second-order valence-electron chi connectivity index (χ2n) is 14.8. The molecule has 0 aliphatic carbocycles. The van der Waals surface area contributed by atoms with Gasteiger partial charge in [0, 0.05) is 32.8 Å². The molecule has 3 heteroatoms. The minimum absolute atomic E-state index is 0.166. The molecular formula is C46H79NO2. The third-order valence-corrected chi connectivity index (χ3v) is 10.1. The maximum Gasteiger partial charge on any atom is 0.0820 e. The summed E-state index contributed by atoms with van der Waals surface area (Å²) in [6.07, 6.45) is 34.2. The molecule has 0 heterocycles. The standard InChI is InChI=1S/C46H79NO2/c1-3-5-7-9-11-13-15-17-19-21-23-31-39-48-43-46(49-40-32-24-22-20-18-16-14-12-10-8-6-4-2)37-38-47(41-44-33-27-25-28-34-44)42-45-35-29-26-30-36-45/h25-30,33-36,46H,3-24,31-32,37-43H2,1-2H3. The summed E-state index contributed by atoms with van der Waals surface area (Å²) < 4.78 is 12.8. The molecule has 2 rings (SSSR count). The highest BCUT2D eigenvalue weighted by molar-refractivity contribution is 5.17. The van der Waals surface area contributed by atoms with Crippen LogP contribution in [0.15, 0.2) is 60.7 Å². The van der Waals surface area contributed by atoms with Crippen molar-refractivity contribution < 1.29 is 9.47 Å². The Balaban J connectivity index is 1.69. The first-order valence-electron chi connectivity index (χ1n) is 21.3. The molecule has 0 spiro atoms. The molecule has 0 fully saturated rings. The molecule has 0 aromatic heterocycles. The van der Waals surface area contributed by atoms with Crippen LogP contribution in [0.2, 0.25) is 0 Å². The Bertz CT molecular complexity index is 878. The van der Waals surface area contributed by atoms with Crippen LogP contribution in [-0.2, 0) is 22.6 Å². The summed E-state index contributed by atoms with van der Waals surface area (Å²) in [5.74, 6) is 0. The normalized spacial score (nSPS) is 12.2. The zero-order valence-electron chi connectivity index (χ0n) is 32.5. The molecule has 0 amide bonds. The fourth-order valence-corrected chi connectivity index (χ4v) is 6.89. The summed E-state index contributed by atoms with van der Waals surface area (Å²) in [4.78, 5) is 2.58. The minimum Gasteiger partial charge on any atom is -0.379 e. The molecule has 0 bridgehead atoms. The van der Waals surface area contributed by atoms with Gasteiger partial charge in [0.2, 0.25) is 0 Å². The Morgan fingerprint density at radius 3 is 1.22 bits per heavy atom. The summed E-state index contributed by atoms with van der Waals surface area (Å²) in [7, 11) is 0. The lowest BCUT2D eigenvalue weighted by Gasteiger charge is -2.26. The average molecular weight is 678 g/mol. The SMILES string of the molecule is CCCCCCCCCCCCCCOCC(CCN(Cc1ccccc1)Cc1ccccc1)OCCCCCCCCCCCCCC. The van der Waals surface area contributed by atoms with Gasteiger partial charge in [-0.15, -0.1) is 0 Å². The van der Waals surface area contributed by atoms with Gasteiger partial charge in [-0.3, -0.25) is 4.90 Å². The minimum atomic E-state index is 0.166. The topological polar surface area (TPSA) is 21.7 Å². The number of rotatable bonds is 36. The first-order valence-corrected chi connectivity index (χ1v) is 21.3. The van der Waals surface area contributed by atoms with E-state index in [1.165, 1.54) is 165 Å². The Morgan fingerprint density at radius 1 is 0.449 bits per heavy atom. The third-order valence-electron chi connectivity index (χ3n) is 10.1. The van der Waals surface area contributed by atoms with Crippen LogP contribution in [0.25, 0.3) is 0 Å². The third kappa shape index (κ3) is 26.8. The van der Waals surface area contributed by atoms with E-state index < -0.39 is 0 Å². The highest BCUT2D eigenvalue weighted by atomic mass is 16.5. The Hall–Kier alpha value is -1.68. The zero-order valence-corrected chi connectivity index (χ0v) is 32.5. The molecule has 0 aliphatic rings. The van der Waals surface area contributed by atoms with Crippen molar-refractivity contribution in [3.8, 4) is 0 Å². The molecule has 3 nitrogen and oxygen atoms in total. The Kier molecular flexibility index (Phi) is 29.7. The molecule has 0 saturated carbocycles. The lowest BCUT2D eigenvalue weighted by Crippen LogP contribution is -2.30. The van der Waals surface area contributed by atoms with Crippen molar-refractivity contribution in [3.63, 3.8) is 0 Å². The number of nitrogens with zero attached hydrogens (tertiary/aromatic N) is 1.